The lowest BCUT2D eigenvalue weighted by molar-refractivity contribution is -0.134. The van der Waals surface area contributed by atoms with E-state index in [2.05, 4.69) is 39.1 Å². The number of carbonyl (C=O) groups excluding carboxylic acids is 2. The molecule has 1 saturated carbocycles. The molecule has 5 heteroatoms. The molecule has 1 aliphatic heterocycles. The Labute approximate surface area is 194 Å². The van der Waals surface area contributed by atoms with E-state index in [4.69, 9.17) is 4.74 Å². The minimum atomic E-state index is -0.0437. The molecule has 2 fully saturated rings. The molecule has 3 rings (SSSR count). The van der Waals surface area contributed by atoms with Gasteiger partial charge in [0.05, 0.1) is 0 Å². The van der Waals surface area contributed by atoms with Gasteiger partial charge in [-0.25, -0.2) is 0 Å². The number of carbonyl (C=O) groups is 2. The van der Waals surface area contributed by atoms with Gasteiger partial charge in [0.25, 0.3) is 5.91 Å². The average molecular weight is 443 g/mol. The van der Waals surface area contributed by atoms with E-state index in [9.17, 15) is 9.59 Å². The highest BCUT2D eigenvalue weighted by molar-refractivity contribution is 5.78. The molecule has 1 aromatic carbocycles. The Hall–Kier alpha value is -2.04. The standard InChI is InChI=1S/C27H42N2O3/c1-20-10-12-24(23(18-20)27(2,3)4)32-19-26(31)29-16-14-22(15-17-29)28-25(30)13-11-21-8-6-5-7-9-21/h10,12,18,21-22H,5-9,11,13-17,19H2,1-4H3,(H,28,30). The first kappa shape index (κ1) is 24.6. The van der Waals surface area contributed by atoms with Gasteiger partial charge in [-0.2, -0.15) is 0 Å². The minimum absolute atomic E-state index is 0.0208. The van der Waals surface area contributed by atoms with Crippen LogP contribution in [0.5, 0.6) is 5.75 Å². The van der Waals surface area contributed by atoms with E-state index < -0.39 is 0 Å². The molecule has 1 N–H and O–H groups in total. The third-order valence-electron chi connectivity index (χ3n) is 7.01. The zero-order valence-electron chi connectivity index (χ0n) is 20.5. The number of rotatable bonds is 7. The summed E-state index contributed by atoms with van der Waals surface area (Å²) in [5.41, 5.74) is 2.27. The van der Waals surface area contributed by atoms with Gasteiger partial charge < -0.3 is 15.0 Å². The molecule has 0 bridgehead atoms. The van der Waals surface area contributed by atoms with Crippen molar-refractivity contribution < 1.29 is 14.3 Å². The predicted octanol–water partition coefficient (Wildman–Crippen LogP) is 5.14. The van der Waals surface area contributed by atoms with Crippen LogP contribution in [0.2, 0.25) is 0 Å². The Bertz CT molecular complexity index is 770. The number of ether oxygens (including phenoxy) is 1. The Morgan fingerprint density at radius 1 is 1.06 bits per heavy atom. The van der Waals surface area contributed by atoms with Crippen LogP contribution in [0.4, 0.5) is 0 Å². The summed E-state index contributed by atoms with van der Waals surface area (Å²) in [5, 5.41) is 3.20. The van der Waals surface area contributed by atoms with Crippen molar-refractivity contribution >= 4 is 11.8 Å². The van der Waals surface area contributed by atoms with Gasteiger partial charge in [0.2, 0.25) is 5.91 Å². The monoisotopic (exact) mass is 442 g/mol. The van der Waals surface area contributed by atoms with E-state index >= 15 is 0 Å². The zero-order chi connectivity index (χ0) is 23.1. The third-order valence-corrected chi connectivity index (χ3v) is 7.01. The van der Waals surface area contributed by atoms with Crippen LogP contribution in [0.15, 0.2) is 18.2 Å². The number of nitrogens with one attached hydrogen (secondary N) is 1. The van der Waals surface area contributed by atoms with Crippen molar-refractivity contribution in [1.82, 2.24) is 10.2 Å². The van der Waals surface area contributed by atoms with E-state index in [-0.39, 0.29) is 29.9 Å². The molecular formula is C27H42N2O3. The van der Waals surface area contributed by atoms with Gasteiger partial charge in [-0.15, -0.1) is 0 Å². The number of hydrogen-bond donors (Lipinski definition) is 1. The summed E-state index contributed by atoms with van der Waals surface area (Å²) in [7, 11) is 0. The normalized spacial score (nSPS) is 18.4. The van der Waals surface area contributed by atoms with Crippen molar-refractivity contribution in [3.63, 3.8) is 0 Å². The molecule has 1 saturated heterocycles. The maximum absolute atomic E-state index is 12.7. The molecule has 0 spiro atoms. The molecule has 0 unspecified atom stereocenters. The Balaban J connectivity index is 1.39. The van der Waals surface area contributed by atoms with Crippen LogP contribution < -0.4 is 10.1 Å². The second-order valence-electron chi connectivity index (χ2n) is 10.8. The zero-order valence-corrected chi connectivity index (χ0v) is 20.5. The molecular weight excluding hydrogens is 400 g/mol. The van der Waals surface area contributed by atoms with Crippen LogP contribution >= 0.6 is 0 Å². The van der Waals surface area contributed by atoms with Gasteiger partial charge in [0, 0.05) is 25.6 Å². The summed E-state index contributed by atoms with van der Waals surface area (Å²) < 4.78 is 5.95. The van der Waals surface area contributed by atoms with Gasteiger partial charge in [-0.1, -0.05) is 70.6 Å². The summed E-state index contributed by atoms with van der Waals surface area (Å²) in [4.78, 5) is 26.9. The first-order valence-corrected chi connectivity index (χ1v) is 12.5. The van der Waals surface area contributed by atoms with Gasteiger partial charge in [-0.3, -0.25) is 9.59 Å². The summed E-state index contributed by atoms with van der Waals surface area (Å²) in [6, 6.07) is 6.32. The molecule has 0 atom stereocenters. The van der Waals surface area contributed by atoms with Gasteiger partial charge in [0.1, 0.15) is 5.75 Å². The minimum Gasteiger partial charge on any atom is -0.483 e. The molecule has 0 radical (unpaired) electrons. The Morgan fingerprint density at radius 2 is 1.75 bits per heavy atom. The fourth-order valence-corrected chi connectivity index (χ4v) is 4.97. The fourth-order valence-electron chi connectivity index (χ4n) is 4.97. The van der Waals surface area contributed by atoms with E-state index in [1.54, 1.807) is 0 Å². The number of piperidine rings is 1. The van der Waals surface area contributed by atoms with Crippen LogP contribution in [-0.4, -0.2) is 42.5 Å². The highest BCUT2D eigenvalue weighted by atomic mass is 16.5. The van der Waals surface area contributed by atoms with Crippen molar-refractivity contribution in [2.24, 2.45) is 5.92 Å². The molecule has 178 valence electrons. The van der Waals surface area contributed by atoms with Crippen LogP contribution in [-0.2, 0) is 15.0 Å². The summed E-state index contributed by atoms with van der Waals surface area (Å²) in [6.07, 6.45) is 9.88. The highest BCUT2D eigenvalue weighted by Gasteiger charge is 2.25. The van der Waals surface area contributed by atoms with Crippen LogP contribution in [0.25, 0.3) is 0 Å². The van der Waals surface area contributed by atoms with E-state index in [1.165, 1.54) is 37.7 Å². The van der Waals surface area contributed by atoms with Gasteiger partial charge in [0.15, 0.2) is 6.61 Å². The smallest absolute Gasteiger partial charge is 0.260 e. The van der Waals surface area contributed by atoms with E-state index in [0.717, 1.165) is 36.5 Å². The number of hydrogen-bond acceptors (Lipinski definition) is 3. The summed E-state index contributed by atoms with van der Waals surface area (Å²) >= 11 is 0. The lowest BCUT2D eigenvalue weighted by Gasteiger charge is -2.32. The maximum atomic E-state index is 12.7. The van der Waals surface area contributed by atoms with Crippen molar-refractivity contribution in [3.05, 3.63) is 29.3 Å². The number of aryl methyl sites for hydroxylation is 1. The molecule has 32 heavy (non-hydrogen) atoms. The van der Waals surface area contributed by atoms with Crippen LogP contribution in [0, 0.1) is 12.8 Å². The summed E-state index contributed by atoms with van der Waals surface area (Å²) in [5.74, 6) is 1.73. The van der Waals surface area contributed by atoms with Crippen molar-refractivity contribution in [1.29, 1.82) is 0 Å². The molecule has 0 aromatic heterocycles. The third kappa shape index (κ3) is 7.25. The molecule has 1 heterocycles. The van der Waals surface area contributed by atoms with Gasteiger partial charge >= 0.3 is 0 Å². The van der Waals surface area contributed by atoms with E-state index in [0.29, 0.717) is 19.5 Å². The first-order valence-electron chi connectivity index (χ1n) is 12.5. The summed E-state index contributed by atoms with van der Waals surface area (Å²) in [6.45, 7) is 9.96. The lowest BCUT2D eigenvalue weighted by Crippen LogP contribution is -2.47. The quantitative estimate of drug-likeness (QED) is 0.636. The van der Waals surface area contributed by atoms with Crippen molar-refractivity contribution in [3.8, 4) is 5.75 Å². The first-order chi connectivity index (χ1) is 15.2. The van der Waals surface area contributed by atoms with Crippen molar-refractivity contribution in [2.75, 3.05) is 19.7 Å². The average Bonchev–Trinajstić information content (AvgIpc) is 2.77. The fraction of sp³-hybridized carbons (Fsp3) is 0.704. The molecule has 2 aliphatic rings. The molecule has 2 amide bonds. The lowest BCUT2D eigenvalue weighted by atomic mass is 9.85. The highest BCUT2D eigenvalue weighted by Crippen LogP contribution is 2.32. The molecule has 5 nitrogen and oxygen atoms in total. The second kappa shape index (κ2) is 11.2. The SMILES string of the molecule is Cc1ccc(OCC(=O)N2CCC(NC(=O)CCC3CCCCC3)CC2)c(C(C)(C)C)c1. The molecule has 1 aromatic rings. The second-order valence-corrected chi connectivity index (χ2v) is 10.8. The topological polar surface area (TPSA) is 58.6 Å². The number of nitrogens with zero attached hydrogens (tertiary/aromatic N) is 1. The van der Waals surface area contributed by atoms with E-state index in [1.807, 2.05) is 17.0 Å². The van der Waals surface area contributed by atoms with Crippen LogP contribution in [0.3, 0.4) is 0 Å². The number of likely N-dealkylation sites (tertiary alicyclic amines) is 1. The van der Waals surface area contributed by atoms with Gasteiger partial charge in [-0.05, 0) is 49.1 Å². The predicted molar refractivity (Wildman–Crippen MR) is 129 cm³/mol. The maximum Gasteiger partial charge on any atom is 0.260 e. The largest absolute Gasteiger partial charge is 0.483 e. The number of amides is 2. The van der Waals surface area contributed by atoms with Crippen molar-refractivity contribution in [2.45, 2.75) is 96.9 Å². The van der Waals surface area contributed by atoms with Crippen LogP contribution in [0.1, 0.15) is 89.7 Å². The number of benzene rings is 1. The Morgan fingerprint density at radius 3 is 2.41 bits per heavy atom. The Kier molecular flexibility index (Phi) is 8.61. The molecule has 1 aliphatic carbocycles.